The number of fused-ring (bicyclic) bond motifs is 1. The fourth-order valence-corrected chi connectivity index (χ4v) is 3.69. The van der Waals surface area contributed by atoms with E-state index in [0.717, 1.165) is 10.2 Å². The van der Waals surface area contributed by atoms with Crippen LogP contribution in [0.4, 0.5) is 5.69 Å². The molecular formula is C19H16N2O6S. The van der Waals surface area contributed by atoms with Gasteiger partial charge in [-0.25, -0.2) is 4.98 Å². The maximum Gasteiger partial charge on any atom is 0.307 e. The Morgan fingerprint density at radius 3 is 2.54 bits per heavy atom. The molecule has 0 saturated heterocycles. The molecule has 28 heavy (non-hydrogen) atoms. The number of ether oxygens (including phenoxy) is 2. The Bertz CT molecular complexity index is 1060. The van der Waals surface area contributed by atoms with Crippen molar-refractivity contribution in [2.45, 2.75) is 6.42 Å². The lowest BCUT2D eigenvalue weighted by Crippen LogP contribution is -1.99. The van der Waals surface area contributed by atoms with Crippen LogP contribution in [0.2, 0.25) is 0 Å². The molecule has 2 aromatic carbocycles. The number of carboxylic acid groups (broad SMARTS) is 1. The molecule has 1 N–H and O–H groups in total. The summed E-state index contributed by atoms with van der Waals surface area (Å²) in [6.07, 6.45) is 1.14. The number of hydrogen-bond donors (Lipinski definition) is 1. The van der Waals surface area contributed by atoms with Crippen LogP contribution in [0.3, 0.4) is 0 Å². The minimum absolute atomic E-state index is 0.207. The lowest BCUT2D eigenvalue weighted by molar-refractivity contribution is -0.385. The fraction of sp³-hybridized carbons (Fsp3) is 0.158. The van der Waals surface area contributed by atoms with Gasteiger partial charge in [-0.15, -0.1) is 11.3 Å². The molecule has 8 nitrogen and oxygen atoms in total. The summed E-state index contributed by atoms with van der Waals surface area (Å²) in [5.41, 5.74) is 1.09. The van der Waals surface area contributed by atoms with Crippen molar-refractivity contribution in [1.29, 1.82) is 0 Å². The summed E-state index contributed by atoms with van der Waals surface area (Å²) in [7, 11) is 2.80. The zero-order chi connectivity index (χ0) is 20.3. The first-order valence-corrected chi connectivity index (χ1v) is 8.93. The number of methoxy groups -OCH3 is 2. The van der Waals surface area contributed by atoms with Gasteiger partial charge in [0.05, 0.1) is 47.4 Å². The zero-order valence-electron chi connectivity index (χ0n) is 15.0. The molecule has 0 aliphatic rings. The minimum atomic E-state index is -1.06. The van der Waals surface area contributed by atoms with E-state index in [1.54, 1.807) is 0 Å². The lowest BCUT2D eigenvalue weighted by Gasteiger charge is -2.09. The predicted octanol–water partition coefficient (Wildman–Crippen LogP) is 4.24. The van der Waals surface area contributed by atoms with Crippen LogP contribution in [-0.4, -0.2) is 35.2 Å². The Morgan fingerprint density at radius 2 is 1.93 bits per heavy atom. The van der Waals surface area contributed by atoms with E-state index in [0.29, 0.717) is 16.3 Å². The molecule has 0 spiro atoms. The average Bonchev–Trinajstić information content (AvgIpc) is 3.10. The molecule has 0 fully saturated rings. The smallest absolute Gasteiger partial charge is 0.307 e. The van der Waals surface area contributed by atoms with Crippen molar-refractivity contribution in [3.05, 3.63) is 57.1 Å². The van der Waals surface area contributed by atoms with Gasteiger partial charge >= 0.3 is 5.97 Å². The van der Waals surface area contributed by atoms with Crippen molar-refractivity contribution in [2.24, 2.45) is 0 Å². The first-order chi connectivity index (χ1) is 13.4. The third-order valence-corrected chi connectivity index (χ3v) is 5.08. The Balaban J connectivity index is 2.19. The van der Waals surface area contributed by atoms with Crippen molar-refractivity contribution < 1.29 is 24.3 Å². The lowest BCUT2D eigenvalue weighted by atomic mass is 10.1. The molecule has 0 unspecified atom stereocenters. The number of carboxylic acids is 1. The van der Waals surface area contributed by atoms with E-state index < -0.39 is 10.9 Å². The van der Waals surface area contributed by atoms with Gasteiger partial charge in [0.15, 0.2) is 11.5 Å². The molecule has 3 aromatic rings. The van der Waals surface area contributed by atoms with Crippen molar-refractivity contribution in [3.8, 4) is 11.5 Å². The van der Waals surface area contributed by atoms with E-state index in [1.807, 2.05) is 24.3 Å². The molecule has 144 valence electrons. The normalized spacial score (nSPS) is 11.4. The number of hydrogen-bond acceptors (Lipinski definition) is 7. The number of rotatable bonds is 7. The fourth-order valence-electron chi connectivity index (χ4n) is 2.71. The van der Waals surface area contributed by atoms with Gasteiger partial charge in [0.2, 0.25) is 0 Å². The molecule has 1 heterocycles. The van der Waals surface area contributed by atoms with Crippen LogP contribution in [-0.2, 0) is 4.79 Å². The number of benzene rings is 2. The second kappa shape index (κ2) is 8.05. The first kappa shape index (κ1) is 19.3. The molecule has 1 aromatic heterocycles. The van der Waals surface area contributed by atoms with Crippen molar-refractivity contribution in [1.82, 2.24) is 4.98 Å². The Morgan fingerprint density at radius 1 is 1.25 bits per heavy atom. The zero-order valence-corrected chi connectivity index (χ0v) is 15.9. The highest BCUT2D eigenvalue weighted by Crippen LogP contribution is 2.37. The third-order valence-electron chi connectivity index (χ3n) is 3.97. The van der Waals surface area contributed by atoms with Crippen LogP contribution in [0.1, 0.15) is 17.0 Å². The maximum atomic E-state index is 11.5. The standard InChI is InChI=1S/C19H16N2O6S/c1-26-15-8-11(14(21(24)25)10-16(15)27-2)7-12(9-18(22)23)19-20-13-5-3-4-6-17(13)28-19/h3-8,10H,9H2,1-2H3,(H,22,23)/b12-7+. The van der Waals surface area contributed by atoms with Gasteiger partial charge in [-0.1, -0.05) is 12.1 Å². The molecule has 9 heteroatoms. The number of thiazole rings is 1. The van der Waals surface area contributed by atoms with Crippen LogP contribution in [0, 0.1) is 10.1 Å². The van der Waals surface area contributed by atoms with Gasteiger partial charge in [-0.2, -0.15) is 0 Å². The number of carbonyl (C=O) groups is 1. The summed E-state index contributed by atoms with van der Waals surface area (Å²) < 4.78 is 11.2. The molecule has 0 atom stereocenters. The van der Waals surface area contributed by atoms with Crippen LogP contribution < -0.4 is 9.47 Å². The largest absolute Gasteiger partial charge is 0.493 e. The highest BCUT2D eigenvalue weighted by Gasteiger charge is 2.20. The number of nitro groups is 1. The molecule has 3 rings (SSSR count). The Labute approximate surface area is 163 Å². The van der Waals surface area contributed by atoms with Crippen molar-refractivity contribution in [2.75, 3.05) is 14.2 Å². The summed E-state index contributed by atoms with van der Waals surface area (Å²) in [5.74, 6) is -0.543. The second-order valence-corrected chi connectivity index (χ2v) is 6.78. The number of aliphatic carboxylic acids is 1. The van der Waals surface area contributed by atoms with E-state index in [-0.39, 0.29) is 23.4 Å². The number of nitrogens with zero attached hydrogens (tertiary/aromatic N) is 2. The van der Waals surface area contributed by atoms with E-state index in [1.165, 1.54) is 43.8 Å². The van der Waals surface area contributed by atoms with Crippen LogP contribution in [0.25, 0.3) is 21.9 Å². The van der Waals surface area contributed by atoms with Crippen LogP contribution >= 0.6 is 11.3 Å². The first-order valence-electron chi connectivity index (χ1n) is 8.11. The minimum Gasteiger partial charge on any atom is -0.493 e. The van der Waals surface area contributed by atoms with Gasteiger partial charge in [0.25, 0.3) is 5.69 Å². The van der Waals surface area contributed by atoms with Gasteiger partial charge in [0, 0.05) is 0 Å². The number of aromatic nitrogens is 1. The Kier molecular flexibility index (Phi) is 5.55. The molecule has 0 saturated carbocycles. The van der Waals surface area contributed by atoms with Crippen LogP contribution in [0.15, 0.2) is 36.4 Å². The summed E-state index contributed by atoms with van der Waals surface area (Å²) in [6.45, 7) is 0. The molecular weight excluding hydrogens is 384 g/mol. The predicted molar refractivity (Wildman–Crippen MR) is 106 cm³/mol. The van der Waals surface area contributed by atoms with Gasteiger partial charge < -0.3 is 14.6 Å². The van der Waals surface area contributed by atoms with E-state index >= 15 is 0 Å². The third kappa shape index (κ3) is 3.94. The summed E-state index contributed by atoms with van der Waals surface area (Å²) in [4.78, 5) is 26.8. The summed E-state index contributed by atoms with van der Waals surface area (Å²) in [6, 6.07) is 10.1. The van der Waals surface area contributed by atoms with Gasteiger partial charge in [-0.3, -0.25) is 14.9 Å². The van der Waals surface area contributed by atoms with E-state index in [4.69, 9.17) is 9.47 Å². The maximum absolute atomic E-state index is 11.5. The highest BCUT2D eigenvalue weighted by atomic mass is 32.1. The Hall–Kier alpha value is -3.46. The second-order valence-electron chi connectivity index (χ2n) is 5.75. The van der Waals surface area contributed by atoms with Crippen molar-refractivity contribution in [3.63, 3.8) is 0 Å². The van der Waals surface area contributed by atoms with E-state index in [2.05, 4.69) is 4.98 Å². The molecule has 0 bridgehead atoms. The van der Waals surface area contributed by atoms with Gasteiger partial charge in [-0.05, 0) is 29.8 Å². The highest BCUT2D eigenvalue weighted by molar-refractivity contribution is 7.19. The SMILES string of the molecule is COc1cc(/C=C(\CC(=O)O)c2nc3ccccc3s2)c([N+](=O)[O-])cc1OC. The number of para-hydroxylation sites is 1. The quantitative estimate of drug-likeness (QED) is 0.466. The van der Waals surface area contributed by atoms with Crippen LogP contribution in [0.5, 0.6) is 11.5 Å². The summed E-state index contributed by atoms with van der Waals surface area (Å²) >= 11 is 1.33. The monoisotopic (exact) mass is 400 g/mol. The van der Waals surface area contributed by atoms with Gasteiger partial charge in [0.1, 0.15) is 5.01 Å². The molecule has 0 amide bonds. The topological polar surface area (TPSA) is 112 Å². The van der Waals surface area contributed by atoms with Crippen molar-refractivity contribution >= 4 is 44.9 Å². The number of nitro benzene ring substituents is 1. The summed E-state index contributed by atoms with van der Waals surface area (Å²) in [5, 5.41) is 21.3. The molecule has 0 aliphatic carbocycles. The van der Waals surface area contributed by atoms with E-state index in [9.17, 15) is 20.0 Å². The average molecular weight is 400 g/mol. The molecule has 0 aliphatic heterocycles. The molecule has 0 radical (unpaired) electrons.